The Morgan fingerprint density at radius 1 is 0.966 bits per heavy atom. The van der Waals surface area contributed by atoms with Gasteiger partial charge in [0.1, 0.15) is 0 Å². The predicted molar refractivity (Wildman–Crippen MR) is 119 cm³/mol. The molecule has 2 amide bonds. The minimum absolute atomic E-state index is 0.0726. The Morgan fingerprint density at radius 2 is 1.59 bits per heavy atom. The summed E-state index contributed by atoms with van der Waals surface area (Å²) in [6, 6.07) is 0.972. The van der Waals surface area contributed by atoms with Crippen molar-refractivity contribution in [2.24, 2.45) is 11.8 Å². The number of hydrogen-bond donors (Lipinski definition) is 1. The number of piperidine rings is 2. The van der Waals surface area contributed by atoms with Gasteiger partial charge in [0.15, 0.2) is 0 Å². The molecule has 0 aliphatic carbocycles. The lowest BCUT2D eigenvalue weighted by atomic mass is 10.0. The van der Waals surface area contributed by atoms with Crippen LogP contribution in [-0.2, 0) is 9.59 Å². The topological polar surface area (TPSA) is 55.9 Å². The summed E-state index contributed by atoms with van der Waals surface area (Å²) in [5.74, 6) is 0.669. The van der Waals surface area contributed by atoms with E-state index in [0.29, 0.717) is 18.0 Å². The van der Waals surface area contributed by atoms with Crippen LogP contribution in [0.25, 0.3) is 0 Å². The second kappa shape index (κ2) is 11.9. The SMILES string of the molecule is CCN(CCCN1CCC(NC(=O)C(C)C)CC1)C1CCN(C(=O)C(C)C)CC1. The molecule has 2 saturated heterocycles. The molecule has 2 aliphatic rings. The van der Waals surface area contributed by atoms with E-state index < -0.39 is 0 Å². The van der Waals surface area contributed by atoms with Crippen LogP contribution in [-0.4, -0.2) is 84.4 Å². The second-order valence-corrected chi connectivity index (χ2v) is 9.47. The Kier molecular flexibility index (Phi) is 9.90. The first-order valence-electron chi connectivity index (χ1n) is 11.9. The molecule has 2 fully saturated rings. The van der Waals surface area contributed by atoms with Crippen LogP contribution in [0.3, 0.4) is 0 Å². The number of nitrogens with zero attached hydrogens (tertiary/aromatic N) is 3. The van der Waals surface area contributed by atoms with Crippen molar-refractivity contribution in [2.75, 3.05) is 45.8 Å². The number of likely N-dealkylation sites (tertiary alicyclic amines) is 2. The van der Waals surface area contributed by atoms with Crippen molar-refractivity contribution in [1.29, 1.82) is 0 Å². The van der Waals surface area contributed by atoms with Crippen LogP contribution in [0.1, 0.15) is 66.7 Å². The molecule has 29 heavy (non-hydrogen) atoms. The summed E-state index contributed by atoms with van der Waals surface area (Å²) in [6.07, 6.45) is 5.54. The lowest BCUT2D eigenvalue weighted by Crippen LogP contribution is -2.48. The average molecular weight is 409 g/mol. The molecule has 0 bridgehead atoms. The fourth-order valence-corrected chi connectivity index (χ4v) is 4.58. The van der Waals surface area contributed by atoms with Gasteiger partial charge >= 0.3 is 0 Å². The third kappa shape index (κ3) is 7.56. The van der Waals surface area contributed by atoms with E-state index >= 15 is 0 Å². The molecular weight excluding hydrogens is 364 g/mol. The van der Waals surface area contributed by atoms with E-state index in [9.17, 15) is 9.59 Å². The molecule has 2 heterocycles. The van der Waals surface area contributed by atoms with Gasteiger partial charge in [-0.3, -0.25) is 9.59 Å². The maximum Gasteiger partial charge on any atom is 0.225 e. The van der Waals surface area contributed by atoms with Gasteiger partial charge in [0.2, 0.25) is 11.8 Å². The van der Waals surface area contributed by atoms with Crippen LogP contribution in [0.2, 0.25) is 0 Å². The van der Waals surface area contributed by atoms with Gasteiger partial charge in [0.25, 0.3) is 0 Å². The van der Waals surface area contributed by atoms with Crippen molar-refractivity contribution in [2.45, 2.75) is 78.8 Å². The van der Waals surface area contributed by atoms with Crippen LogP contribution in [0.15, 0.2) is 0 Å². The Balaban J connectivity index is 1.64. The second-order valence-electron chi connectivity index (χ2n) is 9.47. The van der Waals surface area contributed by atoms with Crippen molar-refractivity contribution < 1.29 is 9.59 Å². The predicted octanol–water partition coefficient (Wildman–Crippen LogP) is 2.58. The molecule has 0 radical (unpaired) electrons. The molecule has 1 N–H and O–H groups in total. The van der Waals surface area contributed by atoms with Crippen LogP contribution in [0, 0.1) is 11.8 Å². The summed E-state index contributed by atoms with van der Waals surface area (Å²) >= 11 is 0. The highest BCUT2D eigenvalue weighted by Gasteiger charge is 2.27. The molecule has 0 atom stereocenters. The first kappa shape index (κ1) is 24.1. The van der Waals surface area contributed by atoms with Gasteiger partial charge in [0, 0.05) is 50.1 Å². The number of rotatable bonds is 9. The molecule has 6 nitrogen and oxygen atoms in total. The van der Waals surface area contributed by atoms with E-state index in [-0.39, 0.29) is 17.7 Å². The fraction of sp³-hybridized carbons (Fsp3) is 0.913. The van der Waals surface area contributed by atoms with E-state index in [1.165, 1.54) is 6.42 Å². The third-order valence-corrected chi connectivity index (χ3v) is 6.57. The van der Waals surface area contributed by atoms with Gasteiger partial charge < -0.3 is 20.0 Å². The third-order valence-electron chi connectivity index (χ3n) is 6.57. The standard InChI is InChI=1S/C23H44N4O2/c1-6-26(21-10-16-27(17-11-21)23(29)19(4)5)13-7-12-25-14-8-20(9-15-25)24-22(28)18(2)3/h18-21H,6-17H2,1-5H3,(H,24,28). The van der Waals surface area contributed by atoms with Crippen LogP contribution in [0.5, 0.6) is 0 Å². The van der Waals surface area contributed by atoms with Gasteiger partial charge in [-0.15, -0.1) is 0 Å². The Labute approximate surface area is 178 Å². The molecule has 0 spiro atoms. The number of nitrogens with one attached hydrogen (secondary N) is 1. The molecule has 2 rings (SSSR count). The fourth-order valence-electron chi connectivity index (χ4n) is 4.58. The first-order valence-corrected chi connectivity index (χ1v) is 11.9. The maximum absolute atomic E-state index is 12.2. The van der Waals surface area contributed by atoms with E-state index in [1.807, 2.05) is 27.7 Å². The molecule has 0 saturated carbocycles. The molecule has 6 heteroatoms. The smallest absolute Gasteiger partial charge is 0.225 e. The van der Waals surface area contributed by atoms with Gasteiger partial charge in [-0.1, -0.05) is 34.6 Å². The van der Waals surface area contributed by atoms with Crippen LogP contribution < -0.4 is 5.32 Å². The number of hydrogen-bond acceptors (Lipinski definition) is 4. The minimum atomic E-state index is 0.0726. The number of carbonyl (C=O) groups excluding carboxylic acids is 2. The normalized spacial score (nSPS) is 20.1. The van der Waals surface area contributed by atoms with Crippen molar-refractivity contribution in [3.05, 3.63) is 0 Å². The summed E-state index contributed by atoms with van der Waals surface area (Å²) in [7, 11) is 0. The van der Waals surface area contributed by atoms with Gasteiger partial charge in [-0.05, 0) is 51.7 Å². The van der Waals surface area contributed by atoms with Crippen molar-refractivity contribution in [3.8, 4) is 0 Å². The Bertz CT molecular complexity index is 507. The lowest BCUT2D eigenvalue weighted by molar-refractivity contribution is -0.136. The molecule has 168 valence electrons. The number of amides is 2. The zero-order valence-corrected chi connectivity index (χ0v) is 19.5. The first-order chi connectivity index (χ1) is 13.8. The van der Waals surface area contributed by atoms with Crippen molar-refractivity contribution >= 4 is 11.8 Å². The molecule has 0 aromatic carbocycles. The molecule has 0 aromatic heterocycles. The van der Waals surface area contributed by atoms with Gasteiger partial charge in [-0.2, -0.15) is 0 Å². The summed E-state index contributed by atoms with van der Waals surface area (Å²) < 4.78 is 0. The Morgan fingerprint density at radius 3 is 2.10 bits per heavy atom. The molecular formula is C23H44N4O2. The zero-order valence-electron chi connectivity index (χ0n) is 19.5. The highest BCUT2D eigenvalue weighted by atomic mass is 16.2. The zero-order chi connectivity index (χ0) is 21.4. The van der Waals surface area contributed by atoms with E-state index in [1.54, 1.807) is 0 Å². The van der Waals surface area contributed by atoms with Gasteiger partial charge in [-0.25, -0.2) is 0 Å². The summed E-state index contributed by atoms with van der Waals surface area (Å²) in [5, 5.41) is 3.18. The molecule has 0 unspecified atom stereocenters. The lowest BCUT2D eigenvalue weighted by Gasteiger charge is -2.39. The van der Waals surface area contributed by atoms with E-state index in [2.05, 4.69) is 26.9 Å². The quantitative estimate of drug-likeness (QED) is 0.637. The van der Waals surface area contributed by atoms with E-state index in [4.69, 9.17) is 0 Å². The summed E-state index contributed by atoms with van der Waals surface area (Å²) in [5.41, 5.74) is 0. The maximum atomic E-state index is 12.2. The number of carbonyl (C=O) groups is 2. The average Bonchev–Trinajstić information content (AvgIpc) is 2.72. The highest BCUT2D eigenvalue weighted by molar-refractivity contribution is 5.78. The summed E-state index contributed by atoms with van der Waals surface area (Å²) in [4.78, 5) is 31.3. The van der Waals surface area contributed by atoms with Crippen LogP contribution >= 0.6 is 0 Å². The van der Waals surface area contributed by atoms with Crippen molar-refractivity contribution in [1.82, 2.24) is 20.0 Å². The minimum Gasteiger partial charge on any atom is -0.353 e. The molecule has 0 aromatic rings. The van der Waals surface area contributed by atoms with E-state index in [0.717, 1.165) is 71.5 Å². The largest absolute Gasteiger partial charge is 0.353 e. The van der Waals surface area contributed by atoms with Crippen LogP contribution in [0.4, 0.5) is 0 Å². The van der Waals surface area contributed by atoms with Gasteiger partial charge in [0.05, 0.1) is 0 Å². The Hall–Kier alpha value is -1.14. The monoisotopic (exact) mass is 408 g/mol. The molecule has 2 aliphatic heterocycles. The van der Waals surface area contributed by atoms with Crippen molar-refractivity contribution in [3.63, 3.8) is 0 Å². The summed E-state index contributed by atoms with van der Waals surface area (Å²) in [6.45, 7) is 17.5. The highest BCUT2D eigenvalue weighted by Crippen LogP contribution is 2.19.